The van der Waals surface area contributed by atoms with Crippen LogP contribution in [0.2, 0.25) is 0 Å². The van der Waals surface area contributed by atoms with Crippen LogP contribution in [0.15, 0.2) is 0 Å². The van der Waals surface area contributed by atoms with Gasteiger partial charge in [-0.15, -0.1) is 11.8 Å². The number of likely N-dealkylation sites (tertiary alicyclic amines) is 1. The van der Waals surface area contributed by atoms with Gasteiger partial charge in [0.15, 0.2) is 0 Å². The minimum absolute atomic E-state index is 0.575. The minimum Gasteiger partial charge on any atom is -0.306 e. The van der Waals surface area contributed by atoms with Crippen LogP contribution in [0, 0.1) is 29.6 Å². The highest BCUT2D eigenvalue weighted by atomic mass is 15.1. The number of hydrogen-bond donors (Lipinski definition) is 0. The molecular weight excluding hydrogens is 292 g/mol. The third kappa shape index (κ3) is 9.70. The second-order valence-corrected chi connectivity index (χ2v) is 8.16. The summed E-state index contributed by atoms with van der Waals surface area (Å²) >= 11 is 0. The molecule has 2 heteroatoms. The van der Waals surface area contributed by atoms with Gasteiger partial charge in [0.1, 0.15) is 0 Å². The van der Waals surface area contributed by atoms with Crippen LogP contribution >= 0.6 is 0 Å². The molecule has 0 aromatic carbocycles. The normalized spacial score (nSPS) is 19.1. The Hall–Kier alpha value is -0.520. The lowest BCUT2D eigenvalue weighted by Crippen LogP contribution is -2.39. The smallest absolute Gasteiger partial charge is 0.0217 e. The van der Waals surface area contributed by atoms with Crippen LogP contribution in [0.4, 0.5) is 0 Å². The predicted octanol–water partition coefficient (Wildman–Crippen LogP) is 4.90. The van der Waals surface area contributed by atoms with E-state index >= 15 is 0 Å². The highest BCUT2D eigenvalue weighted by molar-refractivity contribution is 5.02. The third-order valence-corrected chi connectivity index (χ3v) is 5.31. The Labute approximate surface area is 152 Å². The van der Waals surface area contributed by atoms with Crippen LogP contribution in [0.5, 0.6) is 0 Å². The summed E-state index contributed by atoms with van der Waals surface area (Å²) < 4.78 is 0. The fourth-order valence-corrected chi connectivity index (χ4v) is 3.99. The van der Waals surface area contributed by atoms with E-state index in [9.17, 15) is 0 Å². The van der Waals surface area contributed by atoms with E-state index in [1.807, 2.05) is 0 Å². The molecule has 1 fully saturated rings. The molecular formula is C22H42N2. The molecule has 24 heavy (non-hydrogen) atoms. The number of piperidine rings is 1. The van der Waals surface area contributed by atoms with Gasteiger partial charge < -0.3 is 9.80 Å². The SMILES string of the molecule is CCCC(C)C#CCCN1CCC(CN(C)CC(C)CCC)CC1. The van der Waals surface area contributed by atoms with E-state index in [0.717, 1.165) is 18.3 Å². The van der Waals surface area contributed by atoms with Crippen molar-refractivity contribution in [2.45, 2.75) is 72.6 Å². The number of rotatable bonds is 10. The second-order valence-electron chi connectivity index (χ2n) is 8.16. The summed E-state index contributed by atoms with van der Waals surface area (Å²) in [5.41, 5.74) is 0. The van der Waals surface area contributed by atoms with Crippen molar-refractivity contribution in [3.05, 3.63) is 0 Å². The van der Waals surface area contributed by atoms with E-state index in [-0.39, 0.29) is 0 Å². The molecule has 0 radical (unpaired) electrons. The number of nitrogens with zero attached hydrogens (tertiary/aromatic N) is 2. The van der Waals surface area contributed by atoms with E-state index in [2.05, 4.69) is 56.4 Å². The summed E-state index contributed by atoms with van der Waals surface area (Å²) in [6.07, 6.45) is 8.94. The molecule has 1 aliphatic heterocycles. The van der Waals surface area contributed by atoms with E-state index in [1.54, 1.807) is 0 Å². The summed E-state index contributed by atoms with van der Waals surface area (Å²) in [5.74, 6) is 9.11. The zero-order valence-corrected chi connectivity index (χ0v) is 17.1. The molecule has 1 heterocycles. The molecule has 1 aliphatic rings. The van der Waals surface area contributed by atoms with Crippen LogP contribution in [-0.4, -0.2) is 49.6 Å². The first-order valence-electron chi connectivity index (χ1n) is 10.4. The topological polar surface area (TPSA) is 6.48 Å². The fourth-order valence-electron chi connectivity index (χ4n) is 3.99. The zero-order chi connectivity index (χ0) is 17.8. The summed E-state index contributed by atoms with van der Waals surface area (Å²) in [4.78, 5) is 5.19. The van der Waals surface area contributed by atoms with Crippen molar-refractivity contribution in [1.29, 1.82) is 0 Å². The van der Waals surface area contributed by atoms with Gasteiger partial charge in [-0.3, -0.25) is 0 Å². The quantitative estimate of drug-likeness (QED) is 0.525. The first-order valence-corrected chi connectivity index (χ1v) is 10.4. The van der Waals surface area contributed by atoms with Crippen LogP contribution in [0.25, 0.3) is 0 Å². The minimum atomic E-state index is 0.575. The van der Waals surface area contributed by atoms with Gasteiger partial charge in [-0.2, -0.15) is 0 Å². The second kappa shape index (κ2) is 12.8. The highest BCUT2D eigenvalue weighted by Gasteiger charge is 2.20. The van der Waals surface area contributed by atoms with Gasteiger partial charge in [0.2, 0.25) is 0 Å². The Morgan fingerprint density at radius 3 is 2.38 bits per heavy atom. The molecule has 1 rings (SSSR count). The summed E-state index contributed by atoms with van der Waals surface area (Å²) in [6.45, 7) is 15.4. The van der Waals surface area contributed by atoms with Crippen LogP contribution < -0.4 is 0 Å². The van der Waals surface area contributed by atoms with Gasteiger partial charge in [-0.1, -0.05) is 40.5 Å². The van der Waals surface area contributed by atoms with E-state index in [1.165, 1.54) is 71.2 Å². The van der Waals surface area contributed by atoms with E-state index in [4.69, 9.17) is 0 Å². The predicted molar refractivity (Wildman–Crippen MR) is 107 cm³/mol. The lowest BCUT2D eigenvalue weighted by atomic mass is 9.95. The maximum Gasteiger partial charge on any atom is 0.0217 e. The van der Waals surface area contributed by atoms with Gasteiger partial charge in [0.05, 0.1) is 0 Å². The van der Waals surface area contributed by atoms with Crippen LogP contribution in [0.3, 0.4) is 0 Å². The zero-order valence-electron chi connectivity index (χ0n) is 17.1. The molecule has 0 aromatic heterocycles. The lowest BCUT2D eigenvalue weighted by molar-refractivity contribution is 0.149. The molecule has 2 unspecified atom stereocenters. The first kappa shape index (κ1) is 21.5. The van der Waals surface area contributed by atoms with Crippen molar-refractivity contribution in [3.63, 3.8) is 0 Å². The van der Waals surface area contributed by atoms with Crippen molar-refractivity contribution in [3.8, 4) is 11.8 Å². The van der Waals surface area contributed by atoms with Crippen molar-refractivity contribution in [1.82, 2.24) is 9.80 Å². The fraction of sp³-hybridized carbons (Fsp3) is 0.909. The largest absolute Gasteiger partial charge is 0.306 e. The standard InChI is InChI=1S/C22H42N2/c1-6-10-20(3)12-8-9-15-24-16-13-22(14-17-24)19-23(5)18-21(4)11-7-2/h20-22H,6-7,9-11,13-19H2,1-5H3. The van der Waals surface area contributed by atoms with Gasteiger partial charge in [0, 0.05) is 32.0 Å². The summed E-state index contributed by atoms with van der Waals surface area (Å²) in [5, 5.41) is 0. The average molecular weight is 335 g/mol. The molecule has 2 nitrogen and oxygen atoms in total. The van der Waals surface area contributed by atoms with Gasteiger partial charge >= 0.3 is 0 Å². The third-order valence-electron chi connectivity index (χ3n) is 5.31. The van der Waals surface area contributed by atoms with Gasteiger partial charge in [-0.05, 0) is 57.7 Å². The van der Waals surface area contributed by atoms with E-state index < -0.39 is 0 Å². The molecule has 0 aromatic rings. The Morgan fingerprint density at radius 1 is 1.08 bits per heavy atom. The van der Waals surface area contributed by atoms with Crippen molar-refractivity contribution < 1.29 is 0 Å². The molecule has 1 saturated heterocycles. The Bertz CT molecular complexity index is 360. The van der Waals surface area contributed by atoms with Crippen LogP contribution in [-0.2, 0) is 0 Å². The highest BCUT2D eigenvalue weighted by Crippen LogP contribution is 2.19. The molecule has 0 amide bonds. The van der Waals surface area contributed by atoms with Crippen LogP contribution in [0.1, 0.15) is 72.6 Å². The van der Waals surface area contributed by atoms with Gasteiger partial charge in [-0.25, -0.2) is 0 Å². The molecule has 0 N–H and O–H groups in total. The maximum atomic E-state index is 3.40. The van der Waals surface area contributed by atoms with Crippen molar-refractivity contribution >= 4 is 0 Å². The van der Waals surface area contributed by atoms with Gasteiger partial charge in [0.25, 0.3) is 0 Å². The monoisotopic (exact) mass is 334 g/mol. The Kier molecular flexibility index (Phi) is 11.5. The Balaban J connectivity index is 2.15. The number of hydrogen-bond acceptors (Lipinski definition) is 2. The molecule has 140 valence electrons. The summed E-state index contributed by atoms with van der Waals surface area (Å²) in [7, 11) is 2.31. The maximum absolute atomic E-state index is 3.40. The summed E-state index contributed by atoms with van der Waals surface area (Å²) in [6, 6.07) is 0. The first-order chi connectivity index (χ1) is 11.5. The lowest BCUT2D eigenvalue weighted by Gasteiger charge is -2.34. The average Bonchev–Trinajstić information content (AvgIpc) is 2.53. The molecule has 0 spiro atoms. The van der Waals surface area contributed by atoms with E-state index in [0.29, 0.717) is 5.92 Å². The molecule has 0 aliphatic carbocycles. The molecule has 0 bridgehead atoms. The van der Waals surface area contributed by atoms with Crippen molar-refractivity contribution in [2.75, 3.05) is 39.8 Å². The van der Waals surface area contributed by atoms with Crippen molar-refractivity contribution in [2.24, 2.45) is 17.8 Å². The molecule has 0 saturated carbocycles. The Morgan fingerprint density at radius 2 is 1.75 bits per heavy atom. The molecule has 2 atom stereocenters.